The Morgan fingerprint density at radius 2 is 1.63 bits per heavy atom. The Hall–Kier alpha value is -3.76. The van der Waals surface area contributed by atoms with Gasteiger partial charge < -0.3 is 10.1 Å². The van der Waals surface area contributed by atoms with Crippen LogP contribution in [-0.4, -0.2) is 30.0 Å². The number of non-ortho nitro benzene ring substituents is 1. The van der Waals surface area contributed by atoms with E-state index in [0.717, 1.165) is 0 Å². The summed E-state index contributed by atoms with van der Waals surface area (Å²) in [5.41, 5.74) is 2.18. The Bertz CT molecular complexity index is 1400. The second-order valence-electron chi connectivity index (χ2n) is 6.45. The molecule has 4 rings (SSSR count). The summed E-state index contributed by atoms with van der Waals surface area (Å²) in [5.74, 6) is 0.582. The summed E-state index contributed by atoms with van der Waals surface area (Å²) in [6, 6.07) is 15.2. The molecule has 1 aromatic heterocycles. The minimum absolute atomic E-state index is 0.0867. The molecule has 4 aromatic rings. The molecule has 0 aliphatic heterocycles. The van der Waals surface area contributed by atoms with Gasteiger partial charge in [-0.3, -0.25) is 14.7 Å². The first-order valence-corrected chi connectivity index (χ1v) is 10.1. The number of aromatic nitrogens is 1. The topological polar surface area (TPSA) is 132 Å². The van der Waals surface area contributed by atoms with Crippen molar-refractivity contribution in [3.63, 3.8) is 0 Å². The fraction of sp³-hybridized carbons (Fsp3) is 0.0500. The number of rotatable bonds is 5. The first kappa shape index (κ1) is 19.6. The third-order valence-electron chi connectivity index (χ3n) is 4.60. The van der Waals surface area contributed by atoms with Crippen LogP contribution in [0.4, 0.5) is 17.1 Å². The van der Waals surface area contributed by atoms with Crippen LogP contribution in [0.1, 0.15) is 0 Å². The van der Waals surface area contributed by atoms with E-state index in [1.165, 1.54) is 43.5 Å². The summed E-state index contributed by atoms with van der Waals surface area (Å²) in [6.07, 6.45) is 0. The first-order valence-electron chi connectivity index (χ1n) is 8.67. The van der Waals surface area contributed by atoms with Crippen LogP contribution in [0, 0.1) is 10.1 Å². The van der Waals surface area contributed by atoms with Gasteiger partial charge in [-0.05, 0) is 48.5 Å². The first-order chi connectivity index (χ1) is 14.3. The van der Waals surface area contributed by atoms with Gasteiger partial charge in [0.2, 0.25) is 0 Å². The van der Waals surface area contributed by atoms with Crippen molar-refractivity contribution in [1.29, 1.82) is 0 Å². The Morgan fingerprint density at radius 1 is 1.00 bits per heavy atom. The van der Waals surface area contributed by atoms with Crippen molar-refractivity contribution < 1.29 is 22.6 Å². The van der Waals surface area contributed by atoms with Crippen LogP contribution in [0.2, 0.25) is 0 Å². The average molecular weight is 425 g/mol. The van der Waals surface area contributed by atoms with E-state index in [-0.39, 0.29) is 10.6 Å². The zero-order valence-electron chi connectivity index (χ0n) is 15.6. The molecule has 30 heavy (non-hydrogen) atoms. The van der Waals surface area contributed by atoms with E-state index in [2.05, 4.69) is 10.3 Å². The van der Waals surface area contributed by atoms with Crippen LogP contribution in [0.25, 0.3) is 21.8 Å². The van der Waals surface area contributed by atoms with Gasteiger partial charge in [0.15, 0.2) is 0 Å². The van der Waals surface area contributed by atoms with Crippen molar-refractivity contribution >= 4 is 49.0 Å². The van der Waals surface area contributed by atoms with Crippen LogP contribution in [-0.2, 0) is 10.1 Å². The lowest BCUT2D eigenvalue weighted by molar-refractivity contribution is -0.384. The molecule has 2 N–H and O–H groups in total. The maximum Gasteiger partial charge on any atom is 0.294 e. The Labute approximate surface area is 170 Å². The molecule has 0 aliphatic carbocycles. The average Bonchev–Trinajstić information content (AvgIpc) is 2.72. The van der Waals surface area contributed by atoms with E-state index in [0.29, 0.717) is 38.9 Å². The van der Waals surface area contributed by atoms with Crippen molar-refractivity contribution in [1.82, 2.24) is 4.98 Å². The van der Waals surface area contributed by atoms with Gasteiger partial charge in [-0.25, -0.2) is 4.98 Å². The molecule has 10 heteroatoms. The number of fused-ring (bicyclic) bond motifs is 2. The number of nitro groups is 1. The molecule has 1 heterocycles. The molecule has 0 aliphatic rings. The third kappa shape index (κ3) is 3.61. The fourth-order valence-electron chi connectivity index (χ4n) is 3.14. The van der Waals surface area contributed by atoms with E-state index < -0.39 is 15.0 Å². The maximum atomic E-state index is 11.3. The Balaban J connectivity index is 1.95. The quantitative estimate of drug-likeness (QED) is 0.209. The van der Waals surface area contributed by atoms with Gasteiger partial charge in [-0.2, -0.15) is 8.42 Å². The smallest absolute Gasteiger partial charge is 0.294 e. The highest BCUT2D eigenvalue weighted by atomic mass is 32.2. The highest BCUT2D eigenvalue weighted by molar-refractivity contribution is 7.85. The molecule has 0 saturated carbocycles. The summed E-state index contributed by atoms with van der Waals surface area (Å²) in [5, 5.41) is 15.7. The molecule has 0 spiro atoms. The van der Waals surface area contributed by atoms with E-state index in [9.17, 15) is 18.5 Å². The predicted molar refractivity (Wildman–Crippen MR) is 112 cm³/mol. The number of anilines is 2. The van der Waals surface area contributed by atoms with Gasteiger partial charge in [0.25, 0.3) is 15.8 Å². The van der Waals surface area contributed by atoms with Crippen molar-refractivity contribution in [3.8, 4) is 5.75 Å². The molecule has 152 valence electrons. The normalized spacial score (nSPS) is 11.5. The number of methoxy groups -OCH3 is 1. The van der Waals surface area contributed by atoms with Gasteiger partial charge >= 0.3 is 0 Å². The number of nitrogens with one attached hydrogen (secondary N) is 1. The number of nitrogens with zero attached hydrogens (tertiary/aromatic N) is 2. The van der Waals surface area contributed by atoms with Gasteiger partial charge in [-0.15, -0.1) is 0 Å². The Morgan fingerprint density at radius 3 is 2.23 bits per heavy atom. The van der Waals surface area contributed by atoms with Crippen molar-refractivity contribution in [2.45, 2.75) is 4.90 Å². The lowest BCUT2D eigenvalue weighted by Gasteiger charge is -2.14. The van der Waals surface area contributed by atoms with Crippen LogP contribution in [0.3, 0.4) is 0 Å². The molecular formula is C20H15N3O6S. The predicted octanol–water partition coefficient (Wildman–Crippen LogP) is 4.30. The van der Waals surface area contributed by atoms with Crippen LogP contribution >= 0.6 is 0 Å². The van der Waals surface area contributed by atoms with Crippen molar-refractivity contribution in [2.75, 3.05) is 12.4 Å². The molecule has 0 amide bonds. The Kier molecular flexibility index (Phi) is 4.72. The monoisotopic (exact) mass is 425 g/mol. The fourth-order valence-corrected chi connectivity index (χ4v) is 3.62. The largest absolute Gasteiger partial charge is 0.497 e. The highest BCUT2D eigenvalue weighted by Gasteiger charge is 2.15. The van der Waals surface area contributed by atoms with Gasteiger partial charge in [-0.1, -0.05) is 0 Å². The highest BCUT2D eigenvalue weighted by Crippen LogP contribution is 2.36. The van der Waals surface area contributed by atoms with E-state index in [1.807, 2.05) is 0 Å². The van der Waals surface area contributed by atoms with Crippen LogP contribution in [0.5, 0.6) is 5.75 Å². The molecule has 0 bridgehead atoms. The molecule has 0 saturated heterocycles. The second-order valence-corrected chi connectivity index (χ2v) is 7.87. The zero-order valence-corrected chi connectivity index (χ0v) is 16.4. The number of ether oxygens (including phenoxy) is 1. The summed E-state index contributed by atoms with van der Waals surface area (Å²) in [6.45, 7) is 0. The molecule has 0 radical (unpaired) electrons. The van der Waals surface area contributed by atoms with Gasteiger partial charge in [0.05, 0.1) is 33.6 Å². The number of benzene rings is 3. The third-order valence-corrected chi connectivity index (χ3v) is 5.46. The molecule has 9 nitrogen and oxygen atoms in total. The van der Waals surface area contributed by atoms with E-state index in [4.69, 9.17) is 9.29 Å². The number of hydrogen-bond acceptors (Lipinski definition) is 7. The van der Waals surface area contributed by atoms with Gasteiger partial charge in [0, 0.05) is 28.6 Å². The second kappa shape index (κ2) is 7.25. The minimum atomic E-state index is -4.32. The van der Waals surface area contributed by atoms with E-state index >= 15 is 0 Å². The minimum Gasteiger partial charge on any atom is -0.497 e. The summed E-state index contributed by atoms with van der Waals surface area (Å²) in [4.78, 5) is 15.1. The maximum absolute atomic E-state index is 11.3. The number of nitro benzene ring substituents is 1. The molecular weight excluding hydrogens is 410 g/mol. The summed E-state index contributed by atoms with van der Waals surface area (Å²) in [7, 11) is -2.79. The van der Waals surface area contributed by atoms with Crippen LogP contribution < -0.4 is 10.1 Å². The molecule has 0 atom stereocenters. The SMILES string of the molecule is COc1ccc2nc3ccc([N+](=O)[O-])cc3c(Nc3ccc(S(=O)(=O)O)cc3)c2c1. The van der Waals surface area contributed by atoms with Crippen molar-refractivity contribution in [3.05, 3.63) is 70.8 Å². The van der Waals surface area contributed by atoms with E-state index in [1.54, 1.807) is 24.3 Å². The molecule has 3 aromatic carbocycles. The van der Waals surface area contributed by atoms with Crippen LogP contribution in [0.15, 0.2) is 65.6 Å². The summed E-state index contributed by atoms with van der Waals surface area (Å²) < 4.78 is 37.0. The lowest BCUT2D eigenvalue weighted by atomic mass is 10.1. The summed E-state index contributed by atoms with van der Waals surface area (Å²) >= 11 is 0. The molecule has 0 unspecified atom stereocenters. The zero-order chi connectivity index (χ0) is 21.5. The standard InChI is InChI=1S/C20H15N3O6S/c1-29-14-5-9-19-17(11-14)20(16-10-13(23(24)25)4-8-18(16)22-19)21-12-2-6-15(7-3-12)30(26,27)28/h2-11H,1H3,(H,21,22)(H,26,27,28). The lowest BCUT2D eigenvalue weighted by Crippen LogP contribution is -1.99. The van der Waals surface area contributed by atoms with Gasteiger partial charge in [0.1, 0.15) is 5.75 Å². The van der Waals surface area contributed by atoms with Crippen molar-refractivity contribution in [2.24, 2.45) is 0 Å². The molecule has 0 fully saturated rings. The number of hydrogen-bond donors (Lipinski definition) is 2. The number of pyridine rings is 1.